The summed E-state index contributed by atoms with van der Waals surface area (Å²) in [5, 5.41) is 5.31. The molecule has 0 bridgehead atoms. The Morgan fingerprint density at radius 2 is 2.06 bits per heavy atom. The third kappa shape index (κ3) is 5.23. The van der Waals surface area contributed by atoms with Gasteiger partial charge < -0.3 is 10.6 Å². The van der Waals surface area contributed by atoms with Gasteiger partial charge >= 0.3 is 0 Å². The van der Waals surface area contributed by atoms with E-state index in [1.165, 1.54) is 6.07 Å². The summed E-state index contributed by atoms with van der Waals surface area (Å²) in [5.41, 5.74) is 0.261. The monoisotopic (exact) mass is 268 g/mol. The number of hydrogen-bond donors (Lipinski definition) is 2. The molecule has 98 valence electrons. The van der Waals surface area contributed by atoms with Crippen LogP contribution in [-0.2, 0) is 4.79 Å². The van der Waals surface area contributed by atoms with Crippen LogP contribution in [0, 0.1) is 5.82 Å². The third-order valence-corrected chi connectivity index (χ3v) is 2.59. The maximum atomic E-state index is 13.3. The van der Waals surface area contributed by atoms with Crippen molar-refractivity contribution in [2.75, 3.05) is 5.32 Å². The van der Waals surface area contributed by atoms with E-state index in [2.05, 4.69) is 17.6 Å². The first-order valence-electron chi connectivity index (χ1n) is 5.99. The number of carbonyl (C=O) groups is 1. The van der Waals surface area contributed by atoms with Crippen LogP contribution in [0.15, 0.2) is 24.3 Å². The molecule has 0 saturated carbocycles. The van der Waals surface area contributed by atoms with E-state index in [9.17, 15) is 9.18 Å². The van der Waals surface area contributed by atoms with Crippen LogP contribution in [0.2, 0.25) is 0 Å². The normalized spacial score (nSPS) is 9.89. The van der Waals surface area contributed by atoms with Crippen molar-refractivity contribution in [1.82, 2.24) is 5.32 Å². The second-order valence-electron chi connectivity index (χ2n) is 3.94. The van der Waals surface area contributed by atoms with Crippen LogP contribution in [0.5, 0.6) is 0 Å². The maximum Gasteiger partial charge on any atom is 0.226 e. The minimum atomic E-state index is -0.403. The molecule has 1 amide bonds. The van der Waals surface area contributed by atoms with Crippen molar-refractivity contribution in [3.8, 4) is 0 Å². The summed E-state index contributed by atoms with van der Waals surface area (Å²) in [6.07, 6.45) is 3.35. The van der Waals surface area contributed by atoms with E-state index in [1.807, 2.05) is 0 Å². The molecular formula is C13H17FN2OS. The van der Waals surface area contributed by atoms with Gasteiger partial charge in [-0.05, 0) is 30.8 Å². The second kappa shape index (κ2) is 7.76. The summed E-state index contributed by atoms with van der Waals surface area (Å²) in [4.78, 5) is 11.5. The summed E-state index contributed by atoms with van der Waals surface area (Å²) in [6, 6.07) is 6.17. The van der Waals surface area contributed by atoms with Crippen LogP contribution in [0.1, 0.15) is 32.6 Å². The quantitative estimate of drug-likeness (QED) is 0.636. The Hall–Kier alpha value is -1.49. The molecule has 18 heavy (non-hydrogen) atoms. The predicted molar refractivity (Wildman–Crippen MR) is 74.9 cm³/mol. The topological polar surface area (TPSA) is 41.1 Å². The van der Waals surface area contributed by atoms with Gasteiger partial charge in [-0.3, -0.25) is 4.79 Å². The highest BCUT2D eigenvalue weighted by atomic mass is 32.1. The molecule has 0 heterocycles. The lowest BCUT2D eigenvalue weighted by molar-refractivity contribution is -0.119. The molecule has 0 fully saturated rings. The van der Waals surface area contributed by atoms with Crippen molar-refractivity contribution in [1.29, 1.82) is 0 Å². The number of halogens is 1. The van der Waals surface area contributed by atoms with Gasteiger partial charge in [-0.1, -0.05) is 31.9 Å². The Morgan fingerprint density at radius 3 is 2.72 bits per heavy atom. The lowest BCUT2D eigenvalue weighted by Gasteiger charge is -2.09. The Balaban J connectivity index is 2.38. The third-order valence-electron chi connectivity index (χ3n) is 2.38. The molecule has 0 atom stereocenters. The maximum absolute atomic E-state index is 13.3. The number of benzene rings is 1. The first-order valence-corrected chi connectivity index (χ1v) is 6.39. The van der Waals surface area contributed by atoms with Gasteiger partial charge in [-0.15, -0.1) is 0 Å². The molecule has 0 radical (unpaired) electrons. The Kier molecular flexibility index (Phi) is 6.28. The molecule has 0 aliphatic rings. The van der Waals surface area contributed by atoms with Gasteiger partial charge in [-0.2, -0.15) is 0 Å². The van der Waals surface area contributed by atoms with E-state index in [4.69, 9.17) is 12.2 Å². The lowest BCUT2D eigenvalue weighted by Crippen LogP contribution is -2.34. The highest BCUT2D eigenvalue weighted by Crippen LogP contribution is 2.11. The average Bonchev–Trinajstić information content (AvgIpc) is 2.32. The number of unbranched alkanes of at least 4 members (excludes halogenated alkanes) is 2. The van der Waals surface area contributed by atoms with E-state index >= 15 is 0 Å². The zero-order chi connectivity index (χ0) is 13.4. The lowest BCUT2D eigenvalue weighted by atomic mass is 10.2. The van der Waals surface area contributed by atoms with Crippen LogP contribution in [0.3, 0.4) is 0 Å². The van der Waals surface area contributed by atoms with Crippen molar-refractivity contribution in [2.24, 2.45) is 0 Å². The Labute approximate surface area is 112 Å². The largest absolute Gasteiger partial charge is 0.330 e. The summed E-state index contributed by atoms with van der Waals surface area (Å²) in [7, 11) is 0. The summed E-state index contributed by atoms with van der Waals surface area (Å²) < 4.78 is 13.3. The van der Waals surface area contributed by atoms with Gasteiger partial charge in [0.15, 0.2) is 5.11 Å². The molecule has 0 saturated heterocycles. The van der Waals surface area contributed by atoms with E-state index in [-0.39, 0.29) is 16.7 Å². The molecule has 0 spiro atoms. The molecule has 1 aromatic carbocycles. The fourth-order valence-corrected chi connectivity index (χ4v) is 1.66. The zero-order valence-electron chi connectivity index (χ0n) is 10.3. The SMILES string of the molecule is CCCCCC(=O)NC(=S)Nc1ccccc1F. The summed E-state index contributed by atoms with van der Waals surface area (Å²) in [5.74, 6) is -0.544. The van der Waals surface area contributed by atoms with Crippen LogP contribution >= 0.6 is 12.2 Å². The van der Waals surface area contributed by atoms with E-state index in [0.717, 1.165) is 19.3 Å². The number of anilines is 1. The molecule has 0 aromatic heterocycles. The second-order valence-corrected chi connectivity index (χ2v) is 4.35. The number of nitrogens with one attached hydrogen (secondary N) is 2. The number of hydrogen-bond acceptors (Lipinski definition) is 2. The van der Waals surface area contributed by atoms with Gasteiger partial charge in [0.05, 0.1) is 5.69 Å². The zero-order valence-corrected chi connectivity index (χ0v) is 11.1. The minimum absolute atomic E-state index is 0.126. The summed E-state index contributed by atoms with van der Waals surface area (Å²) in [6.45, 7) is 2.07. The van der Waals surface area contributed by atoms with E-state index in [1.54, 1.807) is 18.2 Å². The van der Waals surface area contributed by atoms with Crippen LogP contribution < -0.4 is 10.6 Å². The molecular weight excluding hydrogens is 251 g/mol. The van der Waals surface area contributed by atoms with Gasteiger partial charge in [0.1, 0.15) is 5.82 Å². The van der Waals surface area contributed by atoms with Crippen molar-refractivity contribution in [2.45, 2.75) is 32.6 Å². The van der Waals surface area contributed by atoms with Crippen LogP contribution in [0.4, 0.5) is 10.1 Å². The smallest absolute Gasteiger partial charge is 0.226 e. The summed E-state index contributed by atoms with van der Waals surface area (Å²) >= 11 is 4.94. The van der Waals surface area contributed by atoms with Crippen molar-refractivity contribution >= 4 is 28.9 Å². The highest BCUT2D eigenvalue weighted by Gasteiger charge is 2.06. The fourth-order valence-electron chi connectivity index (χ4n) is 1.44. The molecule has 0 unspecified atom stereocenters. The predicted octanol–water partition coefficient (Wildman–Crippen LogP) is 3.22. The van der Waals surface area contributed by atoms with Gasteiger partial charge in [-0.25, -0.2) is 4.39 Å². The van der Waals surface area contributed by atoms with Gasteiger partial charge in [0.2, 0.25) is 5.91 Å². The molecule has 3 nitrogen and oxygen atoms in total. The molecule has 1 rings (SSSR count). The van der Waals surface area contributed by atoms with Crippen LogP contribution in [0.25, 0.3) is 0 Å². The van der Waals surface area contributed by atoms with E-state index < -0.39 is 5.82 Å². The fraction of sp³-hybridized carbons (Fsp3) is 0.385. The van der Waals surface area contributed by atoms with Crippen LogP contribution in [-0.4, -0.2) is 11.0 Å². The molecule has 2 N–H and O–H groups in total. The van der Waals surface area contributed by atoms with Crippen molar-refractivity contribution < 1.29 is 9.18 Å². The van der Waals surface area contributed by atoms with Gasteiger partial charge in [0.25, 0.3) is 0 Å². The Morgan fingerprint density at radius 1 is 1.33 bits per heavy atom. The number of amides is 1. The first-order chi connectivity index (χ1) is 8.63. The molecule has 0 aliphatic carbocycles. The molecule has 1 aromatic rings. The van der Waals surface area contributed by atoms with Gasteiger partial charge in [0, 0.05) is 6.42 Å². The minimum Gasteiger partial charge on any atom is -0.330 e. The highest BCUT2D eigenvalue weighted by molar-refractivity contribution is 7.80. The molecule has 0 aliphatic heterocycles. The standard InChI is InChI=1S/C13H17FN2OS/c1-2-3-4-9-12(17)16-13(18)15-11-8-6-5-7-10(11)14/h5-8H,2-4,9H2,1H3,(H2,15,16,17,18). The van der Waals surface area contributed by atoms with Crippen molar-refractivity contribution in [3.63, 3.8) is 0 Å². The van der Waals surface area contributed by atoms with E-state index in [0.29, 0.717) is 6.42 Å². The Bertz CT molecular complexity index is 423. The number of carbonyl (C=O) groups excluding carboxylic acids is 1. The molecule has 5 heteroatoms. The first kappa shape index (κ1) is 14.6. The van der Waals surface area contributed by atoms with Crippen molar-refractivity contribution in [3.05, 3.63) is 30.1 Å². The number of thiocarbonyl (C=S) groups is 1. The average molecular weight is 268 g/mol. The number of para-hydroxylation sites is 1. The number of rotatable bonds is 5.